The number of benzene rings is 2. The number of amides is 2. The van der Waals surface area contributed by atoms with Gasteiger partial charge in [0.1, 0.15) is 15.7 Å². The number of allylic oxidation sites excluding steroid dienone is 1. The highest BCUT2D eigenvalue weighted by atomic mass is 35.5. The lowest BCUT2D eigenvalue weighted by molar-refractivity contribution is -0.120. The van der Waals surface area contributed by atoms with Crippen LogP contribution in [-0.4, -0.2) is 54.7 Å². The van der Waals surface area contributed by atoms with Crippen molar-refractivity contribution in [3.63, 3.8) is 0 Å². The fraction of sp³-hybridized carbons (Fsp3) is 0.543. The highest BCUT2D eigenvalue weighted by Crippen LogP contribution is 2.81. The molecule has 45 heavy (non-hydrogen) atoms. The van der Waals surface area contributed by atoms with Gasteiger partial charge in [-0.1, -0.05) is 29.8 Å². The molecule has 2 unspecified atom stereocenters. The van der Waals surface area contributed by atoms with Crippen LogP contribution in [0.2, 0.25) is 5.02 Å². The minimum absolute atomic E-state index is 0.0161. The Morgan fingerprint density at radius 2 is 2.04 bits per heavy atom. The van der Waals surface area contributed by atoms with Crippen LogP contribution in [0, 0.1) is 23.2 Å². The summed E-state index contributed by atoms with van der Waals surface area (Å²) in [4.78, 5) is 28.8. The number of hydrogen-bond acceptors (Lipinski definition) is 6. The maximum atomic E-state index is 14.0. The van der Waals surface area contributed by atoms with Crippen LogP contribution in [-0.2, 0) is 31.3 Å². The molecule has 8 rings (SSSR count). The SMILES string of the molecule is CO[C@H]1/C=C/CCCS(=O)(NC(=O)C2CC2)=NC(=O)c2ccc3c(c2)N(C[C@@]2(CCCc4cc(Cl)ccc42)CO3)C[C@@]23CC2[C@@H]13. The van der Waals surface area contributed by atoms with Gasteiger partial charge < -0.3 is 14.4 Å². The van der Waals surface area contributed by atoms with E-state index in [1.54, 1.807) is 13.2 Å². The molecular formula is C35H40ClN3O5S. The number of halogens is 1. The van der Waals surface area contributed by atoms with Crippen LogP contribution in [0.1, 0.15) is 66.4 Å². The molecule has 6 atom stereocenters. The molecule has 3 fully saturated rings. The Hall–Kier alpha value is -2.88. The summed E-state index contributed by atoms with van der Waals surface area (Å²) in [7, 11) is -1.51. The van der Waals surface area contributed by atoms with Gasteiger partial charge in [0, 0.05) is 42.1 Å². The predicted molar refractivity (Wildman–Crippen MR) is 174 cm³/mol. The van der Waals surface area contributed by atoms with Crippen molar-refractivity contribution in [1.29, 1.82) is 0 Å². The molecule has 238 valence electrons. The fourth-order valence-electron chi connectivity index (χ4n) is 8.35. The number of carbonyl (C=O) groups excluding carboxylic acids is 2. The molecule has 2 heterocycles. The van der Waals surface area contributed by atoms with Crippen molar-refractivity contribution in [2.45, 2.75) is 62.9 Å². The number of nitrogens with zero attached hydrogens (tertiary/aromatic N) is 2. The Morgan fingerprint density at radius 1 is 1.18 bits per heavy atom. The molecule has 8 nitrogen and oxygen atoms in total. The number of hydrogen-bond donors (Lipinski definition) is 1. The number of anilines is 1. The van der Waals surface area contributed by atoms with Crippen molar-refractivity contribution >= 4 is 39.0 Å². The number of fused-ring (bicyclic) bond motifs is 4. The van der Waals surface area contributed by atoms with Crippen molar-refractivity contribution in [3.05, 3.63) is 70.3 Å². The third-order valence-electron chi connectivity index (χ3n) is 11.1. The molecule has 0 saturated heterocycles. The van der Waals surface area contributed by atoms with Gasteiger partial charge in [-0.25, -0.2) is 4.21 Å². The second-order valence-electron chi connectivity index (χ2n) is 14.1. The minimum atomic E-state index is -3.29. The maximum absolute atomic E-state index is 14.0. The van der Waals surface area contributed by atoms with Crippen LogP contribution < -0.4 is 14.4 Å². The summed E-state index contributed by atoms with van der Waals surface area (Å²) < 4.78 is 33.5. The van der Waals surface area contributed by atoms with E-state index in [0.29, 0.717) is 36.8 Å². The van der Waals surface area contributed by atoms with E-state index in [1.165, 1.54) is 17.5 Å². The number of rotatable bonds is 3. The average Bonchev–Trinajstić information content (AvgIpc) is 3.91. The van der Waals surface area contributed by atoms with E-state index in [4.69, 9.17) is 21.1 Å². The summed E-state index contributed by atoms with van der Waals surface area (Å²) in [6.07, 6.45) is 11.2. The Morgan fingerprint density at radius 3 is 2.84 bits per heavy atom. The van der Waals surface area contributed by atoms with Gasteiger partial charge in [-0.15, -0.1) is 4.36 Å². The summed E-state index contributed by atoms with van der Waals surface area (Å²) in [6, 6.07) is 11.7. The molecule has 2 aromatic rings. The van der Waals surface area contributed by atoms with Crippen molar-refractivity contribution in [2.75, 3.05) is 37.5 Å². The van der Waals surface area contributed by atoms with Crippen molar-refractivity contribution in [2.24, 2.45) is 27.5 Å². The van der Waals surface area contributed by atoms with Crippen molar-refractivity contribution in [1.82, 2.24) is 4.72 Å². The van der Waals surface area contributed by atoms with E-state index in [0.717, 1.165) is 61.7 Å². The van der Waals surface area contributed by atoms with Crippen LogP contribution in [0.3, 0.4) is 0 Å². The largest absolute Gasteiger partial charge is 0.490 e. The third-order valence-corrected chi connectivity index (χ3v) is 13.2. The van der Waals surface area contributed by atoms with Gasteiger partial charge in [0.25, 0.3) is 5.91 Å². The fourth-order valence-corrected chi connectivity index (χ4v) is 10.2. The van der Waals surface area contributed by atoms with Crippen molar-refractivity contribution in [3.8, 4) is 5.75 Å². The molecule has 0 radical (unpaired) electrons. The quantitative estimate of drug-likeness (QED) is 0.418. The second kappa shape index (κ2) is 10.8. The van der Waals surface area contributed by atoms with Gasteiger partial charge in [-0.05, 0) is 110 Å². The van der Waals surface area contributed by atoms with Crippen LogP contribution >= 0.6 is 11.6 Å². The van der Waals surface area contributed by atoms with E-state index in [-0.39, 0.29) is 34.5 Å². The molecule has 1 N–H and O–H groups in total. The van der Waals surface area contributed by atoms with Gasteiger partial charge in [-0.3, -0.25) is 14.3 Å². The van der Waals surface area contributed by atoms with Crippen LogP contribution in [0.5, 0.6) is 5.75 Å². The molecule has 2 aliphatic heterocycles. The van der Waals surface area contributed by atoms with E-state index in [9.17, 15) is 13.8 Å². The van der Waals surface area contributed by atoms with Gasteiger partial charge in [0.2, 0.25) is 5.91 Å². The van der Waals surface area contributed by atoms with Crippen molar-refractivity contribution < 1.29 is 23.3 Å². The zero-order valence-electron chi connectivity index (χ0n) is 25.6. The Bertz CT molecular complexity index is 1730. The van der Waals surface area contributed by atoms with Gasteiger partial charge in [-0.2, -0.15) is 0 Å². The van der Waals surface area contributed by atoms with E-state index >= 15 is 0 Å². The summed E-state index contributed by atoms with van der Waals surface area (Å²) >= 11 is 6.43. The first kappa shape index (κ1) is 29.5. The minimum Gasteiger partial charge on any atom is -0.490 e. The Balaban J connectivity index is 1.21. The van der Waals surface area contributed by atoms with Crippen LogP contribution in [0.15, 0.2) is 52.9 Å². The topological polar surface area (TPSA) is 97.3 Å². The zero-order valence-corrected chi connectivity index (χ0v) is 27.2. The molecule has 0 aromatic heterocycles. The monoisotopic (exact) mass is 649 g/mol. The number of carbonyl (C=O) groups is 2. The predicted octanol–water partition coefficient (Wildman–Crippen LogP) is 5.86. The summed E-state index contributed by atoms with van der Waals surface area (Å²) in [5.74, 6) is 0.905. The Labute approximate surface area is 270 Å². The number of aryl methyl sites for hydroxylation is 1. The molecule has 2 bridgehead atoms. The zero-order chi connectivity index (χ0) is 31.0. The molecule has 10 heteroatoms. The smallest absolute Gasteiger partial charge is 0.286 e. The van der Waals surface area contributed by atoms with Gasteiger partial charge in [0.05, 0.1) is 24.2 Å². The molecule has 3 saturated carbocycles. The lowest BCUT2D eigenvalue weighted by atomic mass is 9.70. The average molecular weight is 650 g/mol. The summed E-state index contributed by atoms with van der Waals surface area (Å²) in [5, 5.41) is 0.754. The van der Waals surface area contributed by atoms with E-state index < -0.39 is 15.8 Å². The second-order valence-corrected chi connectivity index (χ2v) is 16.6. The molecule has 2 spiro atoms. The molecule has 2 amide bonds. The first-order chi connectivity index (χ1) is 21.7. The molecule has 2 aromatic carbocycles. The number of nitrogens with one attached hydrogen (secondary N) is 1. The third kappa shape index (κ3) is 5.28. The highest BCUT2D eigenvalue weighted by molar-refractivity contribution is 7.92. The standard InChI is InChI=1S/C35H40ClN3O5S/c1-43-30-7-3-2-4-15-45(42,37-32(40)22-8-9-22)38-33(41)24-10-13-29-28(17-24)39(20-35-18-27(35)31(30)35)19-34(21-44-29)14-5-6-23-16-25(36)11-12-26(23)34/h3,7,10-13,16-17,22,27,30-31H,2,4-6,8-9,14-15,18-21H2,1H3,(H,37,38,40,41,42)/b7-3+/t27?,30-,31-,34-,35-,45?/m0/s1. The molecule has 6 aliphatic rings. The van der Waals surface area contributed by atoms with Crippen LogP contribution in [0.4, 0.5) is 5.69 Å². The van der Waals surface area contributed by atoms with E-state index in [1.807, 2.05) is 18.2 Å². The van der Waals surface area contributed by atoms with Gasteiger partial charge in [0.15, 0.2) is 0 Å². The molecule has 4 aliphatic carbocycles. The normalized spacial score (nSPS) is 35.9. The lowest BCUT2D eigenvalue weighted by Crippen LogP contribution is -2.47. The maximum Gasteiger partial charge on any atom is 0.286 e. The highest BCUT2D eigenvalue weighted by Gasteiger charge is 2.80. The van der Waals surface area contributed by atoms with Gasteiger partial charge >= 0.3 is 0 Å². The Kier molecular flexibility index (Phi) is 7.11. The first-order valence-electron chi connectivity index (χ1n) is 16.3. The summed E-state index contributed by atoms with van der Waals surface area (Å²) in [6.45, 7) is 2.14. The number of ether oxygens (including phenoxy) is 2. The molecular weight excluding hydrogens is 610 g/mol. The van der Waals surface area contributed by atoms with E-state index in [2.05, 4.69) is 38.3 Å². The van der Waals surface area contributed by atoms with Crippen LogP contribution in [0.25, 0.3) is 0 Å². The summed E-state index contributed by atoms with van der Waals surface area (Å²) in [5.41, 5.74) is 3.75. The first-order valence-corrected chi connectivity index (χ1v) is 18.4. The number of methoxy groups -OCH3 is 1. The lowest BCUT2D eigenvalue weighted by Gasteiger charge is -2.41.